The average Bonchev–Trinajstić information content (AvgIpc) is 2.66. The van der Waals surface area contributed by atoms with E-state index in [4.69, 9.17) is 9.47 Å². The standard InChI is InChI=1S/C19H21N3O5/c1-13-5-3-7-15(9-13)27-12-18(24)20-11-17(23)22-21-10-14-6-4-8-16(26-2)19(14)25/h3-10,25H,11-12H2,1-2H3,(H,20,24)(H,22,23)/b21-10+. The fourth-order valence-electron chi connectivity index (χ4n) is 2.11. The number of carbonyl (C=O) groups excluding carboxylic acids is 2. The predicted octanol–water partition coefficient (Wildman–Crippen LogP) is 1.35. The lowest BCUT2D eigenvalue weighted by Crippen LogP contribution is -2.37. The van der Waals surface area contributed by atoms with E-state index in [-0.39, 0.29) is 18.9 Å². The van der Waals surface area contributed by atoms with Gasteiger partial charge in [0.15, 0.2) is 18.1 Å². The van der Waals surface area contributed by atoms with E-state index in [1.165, 1.54) is 13.3 Å². The zero-order chi connectivity index (χ0) is 19.6. The number of ether oxygens (including phenoxy) is 2. The highest BCUT2D eigenvalue weighted by Gasteiger charge is 2.07. The lowest BCUT2D eigenvalue weighted by molar-refractivity contribution is -0.127. The number of methoxy groups -OCH3 is 1. The Morgan fingerprint density at radius 2 is 1.96 bits per heavy atom. The first kappa shape index (κ1) is 19.8. The van der Waals surface area contributed by atoms with Crippen LogP contribution in [-0.4, -0.2) is 43.4 Å². The van der Waals surface area contributed by atoms with Gasteiger partial charge < -0.3 is 19.9 Å². The first-order valence-electron chi connectivity index (χ1n) is 8.13. The molecule has 2 amide bonds. The number of rotatable bonds is 8. The van der Waals surface area contributed by atoms with Crippen molar-refractivity contribution in [3.8, 4) is 17.2 Å². The lowest BCUT2D eigenvalue weighted by Gasteiger charge is -2.07. The third kappa shape index (κ3) is 6.35. The highest BCUT2D eigenvalue weighted by atomic mass is 16.5. The van der Waals surface area contributed by atoms with Crippen molar-refractivity contribution >= 4 is 18.0 Å². The summed E-state index contributed by atoms with van der Waals surface area (Å²) in [5.74, 6) is -0.151. The van der Waals surface area contributed by atoms with Gasteiger partial charge in [0.2, 0.25) is 0 Å². The minimum atomic E-state index is -0.516. The number of hydrogen-bond acceptors (Lipinski definition) is 6. The van der Waals surface area contributed by atoms with E-state index in [2.05, 4.69) is 15.8 Å². The normalized spacial score (nSPS) is 10.4. The summed E-state index contributed by atoms with van der Waals surface area (Å²) in [6.07, 6.45) is 1.28. The van der Waals surface area contributed by atoms with Crippen molar-refractivity contribution in [1.82, 2.24) is 10.7 Å². The number of hydrazone groups is 1. The van der Waals surface area contributed by atoms with Gasteiger partial charge in [-0.05, 0) is 36.8 Å². The largest absolute Gasteiger partial charge is 0.504 e. The quantitative estimate of drug-likeness (QED) is 0.479. The first-order valence-corrected chi connectivity index (χ1v) is 8.13. The number of carbonyl (C=O) groups is 2. The molecule has 0 bridgehead atoms. The number of phenolic OH excluding ortho intramolecular Hbond substituents is 1. The predicted molar refractivity (Wildman–Crippen MR) is 100 cm³/mol. The molecule has 0 fully saturated rings. The number of nitrogens with one attached hydrogen (secondary N) is 2. The van der Waals surface area contributed by atoms with Crippen LogP contribution >= 0.6 is 0 Å². The van der Waals surface area contributed by atoms with Crippen LogP contribution in [0, 0.1) is 6.92 Å². The molecule has 27 heavy (non-hydrogen) atoms. The zero-order valence-electron chi connectivity index (χ0n) is 15.1. The van der Waals surface area contributed by atoms with E-state index in [9.17, 15) is 14.7 Å². The van der Waals surface area contributed by atoms with Gasteiger partial charge in [-0.2, -0.15) is 5.10 Å². The van der Waals surface area contributed by atoms with Gasteiger partial charge in [0.1, 0.15) is 5.75 Å². The second-order valence-electron chi connectivity index (χ2n) is 5.57. The Morgan fingerprint density at radius 3 is 2.70 bits per heavy atom. The number of phenols is 1. The summed E-state index contributed by atoms with van der Waals surface area (Å²) in [4.78, 5) is 23.4. The van der Waals surface area contributed by atoms with Gasteiger partial charge in [0.25, 0.3) is 11.8 Å². The van der Waals surface area contributed by atoms with Crippen LogP contribution in [0.5, 0.6) is 17.2 Å². The molecular formula is C19H21N3O5. The number of benzene rings is 2. The van der Waals surface area contributed by atoms with E-state index in [1.807, 2.05) is 25.1 Å². The van der Waals surface area contributed by atoms with Crippen LogP contribution in [0.15, 0.2) is 47.6 Å². The molecule has 0 aliphatic carbocycles. The van der Waals surface area contributed by atoms with Gasteiger partial charge in [0, 0.05) is 5.56 Å². The highest BCUT2D eigenvalue weighted by molar-refractivity contribution is 5.88. The average molecular weight is 371 g/mol. The maximum Gasteiger partial charge on any atom is 0.259 e. The summed E-state index contributed by atoms with van der Waals surface area (Å²) in [7, 11) is 1.43. The molecule has 0 spiro atoms. The van der Waals surface area contributed by atoms with Crippen LogP contribution in [-0.2, 0) is 9.59 Å². The van der Waals surface area contributed by atoms with E-state index >= 15 is 0 Å². The van der Waals surface area contributed by atoms with Crippen molar-refractivity contribution in [2.24, 2.45) is 5.10 Å². The fraction of sp³-hybridized carbons (Fsp3) is 0.211. The monoisotopic (exact) mass is 371 g/mol. The minimum absolute atomic E-state index is 0.0837. The molecule has 0 radical (unpaired) electrons. The van der Waals surface area contributed by atoms with Crippen LogP contribution in [0.2, 0.25) is 0 Å². The summed E-state index contributed by atoms with van der Waals surface area (Å²) >= 11 is 0. The lowest BCUT2D eigenvalue weighted by atomic mass is 10.2. The molecule has 0 aliphatic rings. The molecule has 0 saturated heterocycles. The Labute approximate surface area is 156 Å². The molecular weight excluding hydrogens is 350 g/mol. The van der Waals surface area contributed by atoms with E-state index < -0.39 is 11.8 Å². The van der Waals surface area contributed by atoms with Gasteiger partial charge in [-0.25, -0.2) is 5.43 Å². The number of aromatic hydroxyl groups is 1. The molecule has 8 nitrogen and oxygen atoms in total. The van der Waals surface area contributed by atoms with Gasteiger partial charge in [-0.15, -0.1) is 0 Å². The molecule has 0 aromatic heterocycles. The molecule has 8 heteroatoms. The van der Waals surface area contributed by atoms with Crippen LogP contribution in [0.1, 0.15) is 11.1 Å². The van der Waals surface area contributed by atoms with Crippen molar-refractivity contribution in [1.29, 1.82) is 0 Å². The van der Waals surface area contributed by atoms with Gasteiger partial charge in [0.05, 0.1) is 19.9 Å². The second-order valence-corrected chi connectivity index (χ2v) is 5.57. The van der Waals surface area contributed by atoms with Crippen LogP contribution < -0.4 is 20.2 Å². The maximum absolute atomic E-state index is 11.7. The first-order chi connectivity index (χ1) is 13.0. The molecule has 0 aliphatic heterocycles. The second kappa shape index (κ2) is 9.81. The zero-order valence-corrected chi connectivity index (χ0v) is 15.1. The topological polar surface area (TPSA) is 109 Å². The van der Waals surface area contributed by atoms with Crippen molar-refractivity contribution in [3.63, 3.8) is 0 Å². The van der Waals surface area contributed by atoms with Crippen molar-refractivity contribution in [2.75, 3.05) is 20.3 Å². The summed E-state index contributed by atoms with van der Waals surface area (Å²) in [6.45, 7) is 1.47. The van der Waals surface area contributed by atoms with E-state index in [1.54, 1.807) is 24.3 Å². The summed E-state index contributed by atoms with van der Waals surface area (Å²) in [5.41, 5.74) is 3.66. The molecule has 2 aromatic rings. The Kier molecular flexibility index (Phi) is 7.18. The van der Waals surface area contributed by atoms with E-state index in [0.29, 0.717) is 17.1 Å². The van der Waals surface area contributed by atoms with Crippen molar-refractivity contribution in [2.45, 2.75) is 6.92 Å². The number of nitrogens with zero attached hydrogens (tertiary/aromatic N) is 1. The van der Waals surface area contributed by atoms with Gasteiger partial charge in [-0.3, -0.25) is 9.59 Å². The van der Waals surface area contributed by atoms with Crippen molar-refractivity contribution in [3.05, 3.63) is 53.6 Å². The molecule has 0 unspecified atom stereocenters. The third-order valence-electron chi connectivity index (χ3n) is 3.45. The van der Waals surface area contributed by atoms with Gasteiger partial charge in [-0.1, -0.05) is 18.2 Å². The summed E-state index contributed by atoms with van der Waals surface area (Å²) in [6, 6.07) is 12.2. The smallest absolute Gasteiger partial charge is 0.259 e. The van der Waals surface area contributed by atoms with Crippen LogP contribution in [0.25, 0.3) is 0 Å². The third-order valence-corrected chi connectivity index (χ3v) is 3.45. The van der Waals surface area contributed by atoms with Crippen LogP contribution in [0.4, 0.5) is 0 Å². The fourth-order valence-corrected chi connectivity index (χ4v) is 2.11. The molecule has 2 rings (SSSR count). The highest BCUT2D eigenvalue weighted by Crippen LogP contribution is 2.27. The number of hydrogen-bond donors (Lipinski definition) is 3. The minimum Gasteiger partial charge on any atom is -0.504 e. The molecule has 142 valence electrons. The van der Waals surface area contributed by atoms with Crippen LogP contribution in [0.3, 0.4) is 0 Å². The SMILES string of the molecule is COc1cccc(/C=N/NC(=O)CNC(=O)COc2cccc(C)c2)c1O. The Morgan fingerprint density at radius 1 is 1.19 bits per heavy atom. The number of para-hydroxylation sites is 1. The summed E-state index contributed by atoms with van der Waals surface area (Å²) in [5, 5.41) is 16.1. The van der Waals surface area contributed by atoms with E-state index in [0.717, 1.165) is 5.56 Å². The maximum atomic E-state index is 11.7. The molecule has 0 atom stereocenters. The number of aryl methyl sites for hydroxylation is 1. The van der Waals surface area contributed by atoms with Crippen molar-refractivity contribution < 1.29 is 24.2 Å². The molecule has 3 N–H and O–H groups in total. The molecule has 0 saturated carbocycles. The molecule has 0 heterocycles. The molecule has 2 aromatic carbocycles. The Bertz CT molecular complexity index is 836. The Hall–Kier alpha value is -3.55. The number of amides is 2. The van der Waals surface area contributed by atoms with Gasteiger partial charge >= 0.3 is 0 Å². The summed E-state index contributed by atoms with van der Waals surface area (Å²) < 4.78 is 10.3. The Balaban J connectivity index is 1.73.